The molecule has 202 valence electrons. The molecule has 8 nitrogen and oxygen atoms in total. The summed E-state index contributed by atoms with van der Waals surface area (Å²) in [5, 5.41) is 17.9. The van der Waals surface area contributed by atoms with Crippen LogP contribution in [0.3, 0.4) is 0 Å². The Hall–Kier alpha value is -3.75. The van der Waals surface area contributed by atoms with E-state index in [0.29, 0.717) is 18.7 Å². The molecule has 3 aliphatic heterocycles. The number of nitrogens with zero attached hydrogens (tertiary/aromatic N) is 1. The van der Waals surface area contributed by atoms with Crippen molar-refractivity contribution in [2.45, 2.75) is 44.1 Å². The van der Waals surface area contributed by atoms with Crippen LogP contribution in [0.4, 0.5) is 5.69 Å². The van der Waals surface area contributed by atoms with E-state index >= 15 is 0 Å². The molecule has 0 saturated carbocycles. The van der Waals surface area contributed by atoms with Crippen LogP contribution >= 0.6 is 0 Å². The number of hydrogen-bond acceptors (Lipinski definition) is 5. The third kappa shape index (κ3) is 3.93. The molecule has 3 heterocycles. The first-order valence-corrected chi connectivity index (χ1v) is 13.5. The predicted molar refractivity (Wildman–Crippen MR) is 146 cm³/mol. The Labute approximate surface area is 227 Å². The number of carbonyl (C=O) groups excluding carboxylic acids is 3. The number of ether oxygens (including phenoxy) is 1. The summed E-state index contributed by atoms with van der Waals surface area (Å²) in [4.78, 5) is 43.0. The van der Waals surface area contributed by atoms with Gasteiger partial charge in [0.05, 0.1) is 24.0 Å². The van der Waals surface area contributed by atoms with Crippen molar-refractivity contribution in [3.05, 3.63) is 78.4 Å². The Morgan fingerprint density at radius 2 is 1.74 bits per heavy atom. The Morgan fingerprint density at radius 1 is 1.03 bits per heavy atom. The molecule has 6 atom stereocenters. The molecule has 2 bridgehead atoms. The van der Waals surface area contributed by atoms with E-state index in [-0.39, 0.29) is 36.8 Å². The first kappa shape index (κ1) is 25.5. The maximum absolute atomic E-state index is 13.9. The number of rotatable bonds is 7. The largest absolute Gasteiger partial charge is 0.395 e. The summed E-state index contributed by atoms with van der Waals surface area (Å²) < 4.78 is 6.69. The molecule has 3 aliphatic rings. The fraction of sp³-hybridized carbons (Fsp3) is 0.387. The van der Waals surface area contributed by atoms with Gasteiger partial charge in [-0.1, -0.05) is 67.6 Å². The standard InChI is InChI=1S/C31H33N3O5/c1-19-17-31-25(24(30(19,2)39-31)27(36)32-18-20-8-4-3-5-9-20)29(38)34(14-15-35)26(31)28(37)33-23-13-12-21-10-6-7-11-22(21)16-23/h3-13,16,19,24-26,35H,14-15,17-18H2,1-2H3,(H,32,36)(H,33,37)/t19?,24-,25-,26?,30+,31?/m0/s1. The molecule has 0 radical (unpaired) electrons. The molecule has 3 unspecified atom stereocenters. The van der Waals surface area contributed by atoms with Gasteiger partial charge in [-0.3, -0.25) is 14.4 Å². The zero-order valence-electron chi connectivity index (χ0n) is 22.1. The number of hydrogen-bond donors (Lipinski definition) is 3. The number of aliphatic hydroxyl groups excluding tert-OH is 1. The van der Waals surface area contributed by atoms with Crippen LogP contribution in [0.5, 0.6) is 0 Å². The van der Waals surface area contributed by atoms with E-state index in [4.69, 9.17) is 4.74 Å². The number of nitrogens with one attached hydrogen (secondary N) is 2. The molecule has 0 aliphatic carbocycles. The van der Waals surface area contributed by atoms with E-state index in [9.17, 15) is 19.5 Å². The number of aliphatic hydroxyl groups is 1. The molecule has 3 saturated heterocycles. The molecule has 3 aromatic carbocycles. The highest BCUT2D eigenvalue weighted by molar-refractivity contribution is 6.04. The van der Waals surface area contributed by atoms with E-state index in [2.05, 4.69) is 10.6 Å². The second-order valence-corrected chi connectivity index (χ2v) is 11.2. The highest BCUT2D eigenvalue weighted by Gasteiger charge is 2.79. The maximum atomic E-state index is 13.9. The summed E-state index contributed by atoms with van der Waals surface area (Å²) in [7, 11) is 0. The van der Waals surface area contributed by atoms with Gasteiger partial charge in [-0.25, -0.2) is 0 Å². The average molecular weight is 528 g/mol. The first-order chi connectivity index (χ1) is 18.8. The minimum absolute atomic E-state index is 0.0142. The Kier molecular flexibility index (Phi) is 6.19. The van der Waals surface area contributed by atoms with Crippen LogP contribution in [0.1, 0.15) is 25.8 Å². The van der Waals surface area contributed by atoms with Gasteiger partial charge in [-0.15, -0.1) is 0 Å². The molecule has 8 heteroatoms. The number of anilines is 1. The van der Waals surface area contributed by atoms with Crippen molar-refractivity contribution >= 4 is 34.2 Å². The van der Waals surface area contributed by atoms with Gasteiger partial charge >= 0.3 is 0 Å². The van der Waals surface area contributed by atoms with Crippen molar-refractivity contribution in [3.8, 4) is 0 Å². The number of likely N-dealkylation sites (tertiary alicyclic amines) is 1. The summed E-state index contributed by atoms with van der Waals surface area (Å²) in [6, 6.07) is 22.2. The predicted octanol–water partition coefficient (Wildman–Crippen LogP) is 3.10. The van der Waals surface area contributed by atoms with E-state index in [0.717, 1.165) is 16.3 Å². The van der Waals surface area contributed by atoms with Crippen molar-refractivity contribution in [2.75, 3.05) is 18.5 Å². The number of benzene rings is 3. The lowest BCUT2D eigenvalue weighted by Crippen LogP contribution is -2.54. The van der Waals surface area contributed by atoms with Gasteiger partial charge in [0.25, 0.3) is 0 Å². The van der Waals surface area contributed by atoms with Crippen LogP contribution in [-0.2, 0) is 25.7 Å². The van der Waals surface area contributed by atoms with Gasteiger partial charge in [0.2, 0.25) is 17.7 Å². The van der Waals surface area contributed by atoms with Crippen molar-refractivity contribution in [1.29, 1.82) is 0 Å². The van der Waals surface area contributed by atoms with Gasteiger partial charge < -0.3 is 25.4 Å². The van der Waals surface area contributed by atoms with Crippen LogP contribution in [0.25, 0.3) is 10.8 Å². The smallest absolute Gasteiger partial charge is 0.250 e. The molecular formula is C31H33N3O5. The number of β-amino-alcohol motifs (C(OH)–C–C–N with tert-alkyl or cyclic N) is 1. The van der Waals surface area contributed by atoms with Gasteiger partial charge in [-0.05, 0) is 47.7 Å². The number of carbonyl (C=O) groups is 3. The van der Waals surface area contributed by atoms with E-state index < -0.39 is 29.1 Å². The lowest BCUT2D eigenvalue weighted by atomic mass is 9.62. The highest BCUT2D eigenvalue weighted by atomic mass is 16.5. The molecular weight excluding hydrogens is 494 g/mol. The van der Waals surface area contributed by atoms with Crippen LogP contribution in [0.2, 0.25) is 0 Å². The third-order valence-corrected chi connectivity index (χ3v) is 9.01. The van der Waals surface area contributed by atoms with Crippen molar-refractivity contribution < 1.29 is 24.2 Å². The minimum Gasteiger partial charge on any atom is -0.395 e. The van der Waals surface area contributed by atoms with E-state index in [1.165, 1.54) is 4.90 Å². The first-order valence-electron chi connectivity index (χ1n) is 13.5. The zero-order chi connectivity index (χ0) is 27.4. The average Bonchev–Trinajstić information content (AvgIpc) is 3.44. The second-order valence-electron chi connectivity index (χ2n) is 11.2. The normalized spacial score (nSPS) is 30.9. The van der Waals surface area contributed by atoms with Crippen LogP contribution in [0.15, 0.2) is 72.8 Å². The number of amides is 3. The minimum atomic E-state index is -1.16. The zero-order valence-corrected chi connectivity index (χ0v) is 22.1. The Balaban J connectivity index is 1.32. The highest BCUT2D eigenvalue weighted by Crippen LogP contribution is 2.65. The lowest BCUT2D eigenvalue weighted by Gasteiger charge is -2.36. The van der Waals surface area contributed by atoms with Crippen molar-refractivity contribution in [1.82, 2.24) is 10.2 Å². The molecule has 3 N–H and O–H groups in total. The fourth-order valence-electron chi connectivity index (χ4n) is 7.16. The Bertz CT molecular complexity index is 1440. The molecule has 0 aromatic heterocycles. The maximum Gasteiger partial charge on any atom is 0.250 e. The van der Waals surface area contributed by atoms with Crippen LogP contribution in [-0.4, -0.2) is 58.1 Å². The molecule has 1 spiro atoms. The van der Waals surface area contributed by atoms with Gasteiger partial charge in [0.15, 0.2) is 0 Å². The van der Waals surface area contributed by atoms with Gasteiger partial charge in [0, 0.05) is 18.8 Å². The summed E-state index contributed by atoms with van der Waals surface area (Å²) in [5.41, 5.74) is -0.488. The topological polar surface area (TPSA) is 108 Å². The SMILES string of the molecule is CC1CC23O[C@@]1(C)[C@H](C(=O)NCc1ccccc1)[C@H]2C(=O)N(CCO)C3C(=O)Nc1ccc2ccccc2c1. The van der Waals surface area contributed by atoms with Gasteiger partial charge in [0.1, 0.15) is 11.6 Å². The Morgan fingerprint density at radius 3 is 2.49 bits per heavy atom. The van der Waals surface area contributed by atoms with E-state index in [1.54, 1.807) is 0 Å². The molecule has 3 fully saturated rings. The summed E-state index contributed by atoms with van der Waals surface area (Å²) >= 11 is 0. The molecule has 3 amide bonds. The summed E-state index contributed by atoms with van der Waals surface area (Å²) in [6.07, 6.45) is 0.472. The molecule has 3 aromatic rings. The second kappa shape index (κ2) is 9.47. The molecule has 6 rings (SSSR count). The van der Waals surface area contributed by atoms with Crippen LogP contribution < -0.4 is 10.6 Å². The van der Waals surface area contributed by atoms with Gasteiger partial charge in [-0.2, -0.15) is 0 Å². The van der Waals surface area contributed by atoms with Crippen LogP contribution in [0, 0.1) is 17.8 Å². The lowest BCUT2D eigenvalue weighted by molar-refractivity contribution is -0.146. The van der Waals surface area contributed by atoms with E-state index in [1.807, 2.05) is 86.6 Å². The van der Waals surface area contributed by atoms with Crippen molar-refractivity contribution in [2.24, 2.45) is 17.8 Å². The van der Waals surface area contributed by atoms with Crippen molar-refractivity contribution in [3.63, 3.8) is 0 Å². The fourth-order valence-corrected chi connectivity index (χ4v) is 7.16. The molecule has 39 heavy (non-hydrogen) atoms. The summed E-state index contributed by atoms with van der Waals surface area (Å²) in [6.45, 7) is 3.92. The quantitative estimate of drug-likeness (QED) is 0.438. The number of fused-ring (bicyclic) bond motifs is 2. The third-order valence-electron chi connectivity index (χ3n) is 9.01. The monoisotopic (exact) mass is 527 g/mol. The summed E-state index contributed by atoms with van der Waals surface area (Å²) in [5.74, 6) is -2.58.